The van der Waals surface area contributed by atoms with E-state index in [1.165, 1.54) is 11.1 Å². The van der Waals surface area contributed by atoms with E-state index in [0.29, 0.717) is 0 Å². The van der Waals surface area contributed by atoms with Crippen molar-refractivity contribution < 1.29 is 29.3 Å². The molecule has 2 aliphatic carbocycles. The highest BCUT2D eigenvalue weighted by atomic mass is 16.5. The molecule has 3 atom stereocenters. The zero-order valence-electron chi connectivity index (χ0n) is 18.9. The van der Waals surface area contributed by atoms with E-state index in [0.717, 1.165) is 30.4 Å². The first-order valence-corrected chi connectivity index (χ1v) is 11.7. The van der Waals surface area contributed by atoms with Crippen molar-refractivity contribution in [3.8, 4) is 11.1 Å². The lowest BCUT2D eigenvalue weighted by Crippen LogP contribution is -2.41. The van der Waals surface area contributed by atoms with Crippen LogP contribution in [0.25, 0.3) is 11.1 Å². The van der Waals surface area contributed by atoms with Crippen LogP contribution >= 0.6 is 0 Å². The van der Waals surface area contributed by atoms with Gasteiger partial charge in [-0.3, -0.25) is 9.59 Å². The molecule has 2 aromatic rings. The molecule has 180 valence electrons. The number of rotatable bonds is 9. The Hall–Kier alpha value is -3.39. The molecule has 0 heterocycles. The normalized spacial score (nSPS) is 19.7. The summed E-state index contributed by atoms with van der Waals surface area (Å²) >= 11 is 0. The molecule has 0 aromatic heterocycles. The lowest BCUT2D eigenvalue weighted by Gasteiger charge is -2.21. The van der Waals surface area contributed by atoms with Gasteiger partial charge in [0.2, 0.25) is 5.91 Å². The number of hydrogen-bond donors (Lipinski definition) is 4. The van der Waals surface area contributed by atoms with Gasteiger partial charge < -0.3 is 25.6 Å². The van der Waals surface area contributed by atoms with Crippen LogP contribution in [0.15, 0.2) is 48.5 Å². The Kier molecular flexibility index (Phi) is 7.47. The van der Waals surface area contributed by atoms with Crippen molar-refractivity contribution >= 4 is 18.0 Å². The molecule has 0 radical (unpaired) electrons. The van der Waals surface area contributed by atoms with Gasteiger partial charge in [-0.05, 0) is 41.0 Å². The molecule has 1 fully saturated rings. The highest BCUT2D eigenvalue weighted by Crippen LogP contribution is 2.44. The summed E-state index contributed by atoms with van der Waals surface area (Å²) in [4.78, 5) is 35.5. The summed E-state index contributed by atoms with van der Waals surface area (Å²) in [6.45, 7) is 0.127. The van der Waals surface area contributed by atoms with Gasteiger partial charge in [0.25, 0.3) is 0 Å². The first-order valence-electron chi connectivity index (χ1n) is 11.7. The molecule has 3 unspecified atom stereocenters. The van der Waals surface area contributed by atoms with E-state index < -0.39 is 24.6 Å². The third-order valence-electron chi connectivity index (χ3n) is 6.70. The van der Waals surface area contributed by atoms with Crippen LogP contribution in [0.3, 0.4) is 0 Å². The van der Waals surface area contributed by atoms with Crippen LogP contribution in [-0.2, 0) is 14.3 Å². The van der Waals surface area contributed by atoms with Crippen molar-refractivity contribution in [2.45, 2.75) is 50.2 Å². The molecular formula is C26H30N2O6. The highest BCUT2D eigenvalue weighted by molar-refractivity contribution is 5.79. The predicted octanol–water partition coefficient (Wildman–Crippen LogP) is 3.04. The largest absolute Gasteiger partial charge is 0.481 e. The average molecular weight is 467 g/mol. The SMILES string of the molecule is O=C(O)CC(O)CNC(=O)CC1CCCC1NC(=O)OCC1c2ccccc2-c2ccccc21. The molecule has 0 spiro atoms. The standard InChI is InChI=1S/C26H30N2O6/c29-17(13-25(31)32)14-27-24(30)12-16-6-5-11-23(16)28-26(33)34-15-22-20-9-3-1-7-18(20)19-8-2-4-10-21(19)22/h1-4,7-10,16-17,22-23,29H,5-6,11-15H2,(H,27,30)(H,28,33)(H,31,32). The van der Waals surface area contributed by atoms with Crippen LogP contribution in [0.2, 0.25) is 0 Å². The van der Waals surface area contributed by atoms with Gasteiger partial charge in [-0.25, -0.2) is 4.79 Å². The minimum absolute atomic E-state index is 0.0134. The van der Waals surface area contributed by atoms with Gasteiger partial charge in [-0.2, -0.15) is 0 Å². The summed E-state index contributed by atoms with van der Waals surface area (Å²) < 4.78 is 5.63. The number of carboxylic acids is 1. The van der Waals surface area contributed by atoms with Crippen molar-refractivity contribution in [3.05, 3.63) is 59.7 Å². The molecule has 4 rings (SSSR count). The molecule has 0 saturated heterocycles. The van der Waals surface area contributed by atoms with Crippen molar-refractivity contribution in [3.63, 3.8) is 0 Å². The van der Waals surface area contributed by atoms with E-state index in [1.54, 1.807) is 0 Å². The van der Waals surface area contributed by atoms with Crippen molar-refractivity contribution in [2.75, 3.05) is 13.2 Å². The molecule has 1 saturated carbocycles. The Balaban J connectivity index is 1.28. The van der Waals surface area contributed by atoms with E-state index in [1.807, 2.05) is 24.3 Å². The van der Waals surface area contributed by atoms with E-state index in [-0.39, 0.29) is 43.4 Å². The van der Waals surface area contributed by atoms with Crippen LogP contribution < -0.4 is 10.6 Å². The highest BCUT2D eigenvalue weighted by Gasteiger charge is 2.32. The molecule has 2 aromatic carbocycles. The third kappa shape index (κ3) is 5.56. The number of alkyl carbamates (subject to hydrolysis) is 1. The Morgan fingerprint density at radius 3 is 2.29 bits per heavy atom. The minimum atomic E-state index is -1.13. The fraction of sp³-hybridized carbons (Fsp3) is 0.423. The van der Waals surface area contributed by atoms with Gasteiger partial charge in [0, 0.05) is 24.9 Å². The second-order valence-corrected chi connectivity index (χ2v) is 9.03. The number of nitrogens with one attached hydrogen (secondary N) is 2. The Morgan fingerprint density at radius 1 is 1.00 bits per heavy atom. The van der Waals surface area contributed by atoms with Crippen molar-refractivity contribution in [1.82, 2.24) is 10.6 Å². The maximum Gasteiger partial charge on any atom is 0.407 e. The number of carboxylic acid groups (broad SMARTS) is 1. The van der Waals surface area contributed by atoms with Crippen LogP contribution in [0, 0.1) is 5.92 Å². The molecular weight excluding hydrogens is 436 g/mol. The van der Waals surface area contributed by atoms with E-state index >= 15 is 0 Å². The van der Waals surface area contributed by atoms with E-state index in [2.05, 4.69) is 34.9 Å². The van der Waals surface area contributed by atoms with Crippen LogP contribution in [0.5, 0.6) is 0 Å². The predicted molar refractivity (Wildman–Crippen MR) is 125 cm³/mol. The van der Waals surface area contributed by atoms with Gasteiger partial charge >= 0.3 is 12.1 Å². The molecule has 2 amide bonds. The third-order valence-corrected chi connectivity index (χ3v) is 6.70. The molecule has 4 N–H and O–H groups in total. The number of amides is 2. The van der Waals surface area contributed by atoms with Crippen LogP contribution in [-0.4, -0.2) is 53.5 Å². The van der Waals surface area contributed by atoms with Gasteiger partial charge in [0.15, 0.2) is 0 Å². The molecule has 0 bridgehead atoms. The second-order valence-electron chi connectivity index (χ2n) is 9.03. The summed E-state index contributed by atoms with van der Waals surface area (Å²) in [7, 11) is 0. The molecule has 8 heteroatoms. The maximum atomic E-state index is 12.6. The summed E-state index contributed by atoms with van der Waals surface area (Å²) in [6, 6.07) is 16.2. The van der Waals surface area contributed by atoms with E-state index in [9.17, 15) is 19.5 Å². The van der Waals surface area contributed by atoms with E-state index in [4.69, 9.17) is 9.84 Å². The lowest BCUT2D eigenvalue weighted by molar-refractivity contribution is -0.139. The first-order chi connectivity index (χ1) is 16.4. The lowest BCUT2D eigenvalue weighted by atomic mass is 9.98. The number of aliphatic hydroxyl groups is 1. The number of ether oxygens (including phenoxy) is 1. The monoisotopic (exact) mass is 466 g/mol. The van der Waals surface area contributed by atoms with Crippen molar-refractivity contribution in [2.24, 2.45) is 5.92 Å². The van der Waals surface area contributed by atoms with Gasteiger partial charge in [-0.1, -0.05) is 55.0 Å². The van der Waals surface area contributed by atoms with Gasteiger partial charge in [0.1, 0.15) is 6.61 Å². The fourth-order valence-corrected chi connectivity index (χ4v) is 5.08. The zero-order chi connectivity index (χ0) is 24.1. The quantitative estimate of drug-likeness (QED) is 0.450. The number of hydrogen-bond acceptors (Lipinski definition) is 5. The van der Waals surface area contributed by atoms with Crippen molar-refractivity contribution in [1.29, 1.82) is 0 Å². The Labute approximate surface area is 198 Å². The first kappa shape index (κ1) is 23.8. The minimum Gasteiger partial charge on any atom is -0.481 e. The fourth-order valence-electron chi connectivity index (χ4n) is 5.08. The summed E-state index contributed by atoms with van der Waals surface area (Å²) in [5.41, 5.74) is 4.64. The topological polar surface area (TPSA) is 125 Å². The molecule has 8 nitrogen and oxygen atoms in total. The second kappa shape index (κ2) is 10.7. The molecule has 2 aliphatic rings. The Bertz CT molecular complexity index is 1010. The number of aliphatic carboxylic acids is 1. The Morgan fingerprint density at radius 2 is 1.65 bits per heavy atom. The number of benzene rings is 2. The summed E-state index contributed by atoms with van der Waals surface area (Å²) in [5.74, 6) is -1.43. The summed E-state index contributed by atoms with van der Waals surface area (Å²) in [5, 5.41) is 23.8. The smallest absolute Gasteiger partial charge is 0.407 e. The average Bonchev–Trinajstić information content (AvgIpc) is 3.37. The number of aliphatic hydroxyl groups excluding tert-OH is 1. The zero-order valence-corrected chi connectivity index (χ0v) is 18.9. The maximum absolute atomic E-state index is 12.6. The number of fused-ring (bicyclic) bond motifs is 3. The van der Waals surface area contributed by atoms with Gasteiger partial charge in [0.05, 0.1) is 12.5 Å². The number of carbonyl (C=O) groups excluding carboxylic acids is 2. The molecule has 34 heavy (non-hydrogen) atoms. The number of carbonyl (C=O) groups is 3. The summed E-state index contributed by atoms with van der Waals surface area (Å²) in [6.07, 6.45) is 0.636. The molecule has 0 aliphatic heterocycles. The van der Waals surface area contributed by atoms with Gasteiger partial charge in [-0.15, -0.1) is 0 Å². The van der Waals surface area contributed by atoms with Crippen LogP contribution in [0.4, 0.5) is 4.79 Å². The van der Waals surface area contributed by atoms with Crippen LogP contribution in [0.1, 0.15) is 49.1 Å².